The number of carbonyl (C=O) groups is 1. The minimum atomic E-state index is 0.107. The van der Waals surface area contributed by atoms with Gasteiger partial charge in [0.1, 0.15) is 5.75 Å². The summed E-state index contributed by atoms with van der Waals surface area (Å²) in [6, 6.07) is 7.70. The molecule has 0 radical (unpaired) electrons. The molecule has 24 heavy (non-hydrogen) atoms. The van der Waals surface area contributed by atoms with E-state index < -0.39 is 0 Å². The molecule has 0 spiro atoms. The van der Waals surface area contributed by atoms with Crippen molar-refractivity contribution in [1.29, 1.82) is 0 Å². The topological polar surface area (TPSA) is 38.3 Å². The standard InChI is InChI=1S/C21H35NO2/c1-3-5-7-9-11-13-21(23)22-19-14-16-20(17-15-19)24-18-12-10-8-6-4-2/h14-17H,3-13,18H2,1-2H3,(H,22,23). The molecule has 0 bridgehead atoms. The number of nitrogens with one attached hydrogen (secondary N) is 1. The van der Waals surface area contributed by atoms with E-state index in [0.29, 0.717) is 6.42 Å². The van der Waals surface area contributed by atoms with Crippen molar-refractivity contribution in [1.82, 2.24) is 0 Å². The molecular formula is C21H35NO2. The van der Waals surface area contributed by atoms with Gasteiger partial charge in [-0.1, -0.05) is 65.2 Å². The van der Waals surface area contributed by atoms with Crippen LogP contribution in [0.15, 0.2) is 24.3 Å². The van der Waals surface area contributed by atoms with Crippen LogP contribution in [0.3, 0.4) is 0 Å². The molecule has 136 valence electrons. The fraction of sp³-hybridized carbons (Fsp3) is 0.667. The predicted molar refractivity (Wildman–Crippen MR) is 103 cm³/mol. The monoisotopic (exact) mass is 333 g/mol. The van der Waals surface area contributed by atoms with Crippen molar-refractivity contribution in [3.63, 3.8) is 0 Å². The van der Waals surface area contributed by atoms with Crippen molar-refractivity contribution >= 4 is 11.6 Å². The first-order valence-corrected chi connectivity index (χ1v) is 9.79. The van der Waals surface area contributed by atoms with Gasteiger partial charge in [-0.25, -0.2) is 0 Å². The van der Waals surface area contributed by atoms with Crippen LogP contribution in [-0.2, 0) is 4.79 Å². The van der Waals surface area contributed by atoms with Crippen molar-refractivity contribution in [2.24, 2.45) is 0 Å². The second-order valence-electron chi connectivity index (χ2n) is 6.50. The van der Waals surface area contributed by atoms with Crippen LogP contribution in [0.25, 0.3) is 0 Å². The number of amides is 1. The lowest BCUT2D eigenvalue weighted by molar-refractivity contribution is -0.116. The molecule has 3 heteroatoms. The first-order chi connectivity index (χ1) is 11.8. The molecule has 1 aromatic carbocycles. The lowest BCUT2D eigenvalue weighted by Gasteiger charge is -2.08. The summed E-state index contributed by atoms with van der Waals surface area (Å²) < 4.78 is 5.74. The van der Waals surface area contributed by atoms with Gasteiger partial charge in [0.25, 0.3) is 0 Å². The molecule has 0 fully saturated rings. The van der Waals surface area contributed by atoms with E-state index in [1.165, 1.54) is 44.9 Å². The predicted octanol–water partition coefficient (Wildman–Crippen LogP) is 6.33. The van der Waals surface area contributed by atoms with Gasteiger partial charge in [-0.3, -0.25) is 4.79 Å². The van der Waals surface area contributed by atoms with E-state index in [1.54, 1.807) is 0 Å². The molecule has 0 aliphatic rings. The van der Waals surface area contributed by atoms with Gasteiger partial charge >= 0.3 is 0 Å². The first kappa shape index (κ1) is 20.5. The van der Waals surface area contributed by atoms with Crippen molar-refractivity contribution in [3.8, 4) is 5.75 Å². The van der Waals surface area contributed by atoms with E-state index in [9.17, 15) is 4.79 Å². The SMILES string of the molecule is CCCCCCCOc1ccc(NC(=O)CCCCCCC)cc1. The van der Waals surface area contributed by atoms with Crippen LogP contribution in [0.2, 0.25) is 0 Å². The maximum Gasteiger partial charge on any atom is 0.224 e. The van der Waals surface area contributed by atoms with Gasteiger partial charge in [-0.05, 0) is 37.1 Å². The molecule has 0 saturated carbocycles. The highest BCUT2D eigenvalue weighted by Gasteiger charge is 2.02. The lowest BCUT2D eigenvalue weighted by Crippen LogP contribution is -2.10. The Balaban J connectivity index is 2.16. The van der Waals surface area contributed by atoms with Gasteiger partial charge < -0.3 is 10.1 Å². The highest BCUT2D eigenvalue weighted by molar-refractivity contribution is 5.90. The number of rotatable bonds is 14. The molecule has 0 unspecified atom stereocenters. The molecule has 1 aromatic rings. The quantitative estimate of drug-likeness (QED) is 0.404. The molecule has 1 N–H and O–H groups in total. The van der Waals surface area contributed by atoms with E-state index >= 15 is 0 Å². The summed E-state index contributed by atoms with van der Waals surface area (Å²) in [5.41, 5.74) is 0.851. The van der Waals surface area contributed by atoms with Gasteiger partial charge in [0, 0.05) is 12.1 Å². The second-order valence-corrected chi connectivity index (χ2v) is 6.50. The zero-order chi connectivity index (χ0) is 17.5. The number of unbranched alkanes of at least 4 members (excludes halogenated alkanes) is 8. The molecule has 0 saturated heterocycles. The molecule has 0 aromatic heterocycles. The second kappa shape index (κ2) is 13.9. The van der Waals surface area contributed by atoms with Crippen LogP contribution in [0.5, 0.6) is 5.75 Å². The van der Waals surface area contributed by atoms with Crippen LogP contribution in [-0.4, -0.2) is 12.5 Å². The Hall–Kier alpha value is -1.51. The van der Waals surface area contributed by atoms with Gasteiger partial charge in [0.2, 0.25) is 5.91 Å². The summed E-state index contributed by atoms with van der Waals surface area (Å²) in [7, 11) is 0. The van der Waals surface area contributed by atoms with E-state index in [1.807, 2.05) is 24.3 Å². The maximum atomic E-state index is 11.9. The normalized spacial score (nSPS) is 10.6. The minimum Gasteiger partial charge on any atom is -0.494 e. The molecule has 0 heterocycles. The third-order valence-electron chi connectivity index (χ3n) is 4.16. The zero-order valence-corrected chi connectivity index (χ0v) is 15.6. The van der Waals surface area contributed by atoms with E-state index in [2.05, 4.69) is 19.2 Å². The van der Waals surface area contributed by atoms with Crippen molar-refractivity contribution in [2.75, 3.05) is 11.9 Å². The highest BCUT2D eigenvalue weighted by Crippen LogP contribution is 2.17. The molecule has 1 amide bonds. The Morgan fingerprint density at radius 2 is 1.42 bits per heavy atom. The minimum absolute atomic E-state index is 0.107. The van der Waals surface area contributed by atoms with Crippen molar-refractivity contribution in [2.45, 2.75) is 84.5 Å². The molecule has 0 aliphatic carbocycles. The average Bonchev–Trinajstić information content (AvgIpc) is 2.59. The molecule has 3 nitrogen and oxygen atoms in total. The molecule has 1 rings (SSSR count). The van der Waals surface area contributed by atoms with Crippen LogP contribution in [0.4, 0.5) is 5.69 Å². The smallest absolute Gasteiger partial charge is 0.224 e. The number of carbonyl (C=O) groups excluding carboxylic acids is 1. The highest BCUT2D eigenvalue weighted by atomic mass is 16.5. The zero-order valence-electron chi connectivity index (χ0n) is 15.6. The Labute approximate surface area is 148 Å². The molecule has 0 aliphatic heterocycles. The van der Waals surface area contributed by atoms with E-state index in [4.69, 9.17) is 4.74 Å². The number of benzene rings is 1. The Morgan fingerprint density at radius 1 is 0.833 bits per heavy atom. The Kier molecular flexibility index (Phi) is 11.9. The summed E-state index contributed by atoms with van der Waals surface area (Å²) in [6.45, 7) is 5.20. The number of hydrogen-bond acceptors (Lipinski definition) is 2. The van der Waals surface area contributed by atoms with Gasteiger partial charge in [0.15, 0.2) is 0 Å². The summed E-state index contributed by atoms with van der Waals surface area (Å²) in [6.07, 6.45) is 12.7. The van der Waals surface area contributed by atoms with Gasteiger partial charge in [-0.2, -0.15) is 0 Å². The summed E-state index contributed by atoms with van der Waals surface area (Å²) in [5, 5.41) is 2.96. The van der Waals surface area contributed by atoms with Gasteiger partial charge in [-0.15, -0.1) is 0 Å². The number of hydrogen-bond donors (Lipinski definition) is 1. The average molecular weight is 334 g/mol. The summed E-state index contributed by atoms with van der Waals surface area (Å²) >= 11 is 0. The van der Waals surface area contributed by atoms with Crippen LogP contribution >= 0.6 is 0 Å². The third-order valence-corrected chi connectivity index (χ3v) is 4.16. The van der Waals surface area contributed by atoms with Crippen LogP contribution in [0, 0.1) is 0 Å². The van der Waals surface area contributed by atoms with E-state index in [-0.39, 0.29) is 5.91 Å². The lowest BCUT2D eigenvalue weighted by atomic mass is 10.1. The van der Waals surface area contributed by atoms with Crippen molar-refractivity contribution in [3.05, 3.63) is 24.3 Å². The Morgan fingerprint density at radius 3 is 2.04 bits per heavy atom. The number of anilines is 1. The maximum absolute atomic E-state index is 11.9. The fourth-order valence-corrected chi connectivity index (χ4v) is 2.64. The molecule has 0 atom stereocenters. The van der Waals surface area contributed by atoms with Crippen LogP contribution in [0.1, 0.15) is 84.5 Å². The largest absolute Gasteiger partial charge is 0.494 e. The first-order valence-electron chi connectivity index (χ1n) is 9.79. The van der Waals surface area contributed by atoms with Crippen LogP contribution < -0.4 is 10.1 Å². The third kappa shape index (κ3) is 10.3. The fourth-order valence-electron chi connectivity index (χ4n) is 2.64. The summed E-state index contributed by atoms with van der Waals surface area (Å²) in [4.78, 5) is 11.9. The number of ether oxygens (including phenoxy) is 1. The molecular weight excluding hydrogens is 298 g/mol. The van der Waals surface area contributed by atoms with E-state index in [0.717, 1.165) is 37.3 Å². The van der Waals surface area contributed by atoms with Crippen molar-refractivity contribution < 1.29 is 9.53 Å². The summed E-state index contributed by atoms with van der Waals surface area (Å²) in [5.74, 6) is 0.985. The van der Waals surface area contributed by atoms with Gasteiger partial charge in [0.05, 0.1) is 6.61 Å². The Bertz CT molecular complexity index is 428.